The minimum Gasteiger partial charge on any atom is -0.361 e. The molecule has 33 heavy (non-hydrogen) atoms. The number of fused-ring (bicyclic) bond motifs is 2. The first-order chi connectivity index (χ1) is 16.1. The van der Waals surface area contributed by atoms with E-state index in [2.05, 4.69) is 35.1 Å². The van der Waals surface area contributed by atoms with Gasteiger partial charge < -0.3 is 10.3 Å². The molecule has 0 unspecified atom stereocenters. The maximum atomic E-state index is 13.2. The molecule has 1 aliphatic rings. The second kappa shape index (κ2) is 8.43. The fraction of sp³-hybridized carbons (Fsp3) is 0.143. The summed E-state index contributed by atoms with van der Waals surface area (Å²) in [5.41, 5.74) is 5.23. The summed E-state index contributed by atoms with van der Waals surface area (Å²) < 4.78 is 0. The highest BCUT2D eigenvalue weighted by molar-refractivity contribution is 6.10. The summed E-state index contributed by atoms with van der Waals surface area (Å²) in [6, 6.07) is 25.0. The zero-order valence-corrected chi connectivity index (χ0v) is 18.4. The standard InChI is InChI=1S/C28H25N3O2/c1-18-21-12-6-7-14-23(21)28(33)31(18)19(2)27(32)30-16-24(20-10-4-3-5-11-20)25-17-29-26-15-9-8-13-22(25)26/h3-15,17,19,24,29H,1,16H2,2H3,(H,30,32)/t19-,24+/m1/s1. The summed E-state index contributed by atoms with van der Waals surface area (Å²) in [6.07, 6.45) is 2.01. The molecule has 0 radical (unpaired) electrons. The number of carbonyl (C=O) groups excluding carboxylic acids is 2. The van der Waals surface area contributed by atoms with Gasteiger partial charge in [-0.05, 0) is 30.2 Å². The van der Waals surface area contributed by atoms with Crippen molar-refractivity contribution in [2.24, 2.45) is 0 Å². The van der Waals surface area contributed by atoms with Gasteiger partial charge in [0.1, 0.15) is 6.04 Å². The number of nitrogens with one attached hydrogen (secondary N) is 2. The lowest BCUT2D eigenvalue weighted by Crippen LogP contribution is -2.45. The van der Waals surface area contributed by atoms with Crippen LogP contribution in [0.25, 0.3) is 16.6 Å². The van der Waals surface area contributed by atoms with Crippen LogP contribution in [0.5, 0.6) is 0 Å². The maximum Gasteiger partial charge on any atom is 0.259 e. The van der Waals surface area contributed by atoms with Gasteiger partial charge in [-0.1, -0.05) is 73.3 Å². The van der Waals surface area contributed by atoms with E-state index >= 15 is 0 Å². The van der Waals surface area contributed by atoms with Crippen molar-refractivity contribution < 1.29 is 9.59 Å². The van der Waals surface area contributed by atoms with Gasteiger partial charge in [0, 0.05) is 46.4 Å². The molecule has 4 aromatic rings. The lowest BCUT2D eigenvalue weighted by atomic mass is 9.91. The van der Waals surface area contributed by atoms with Crippen molar-refractivity contribution in [1.29, 1.82) is 0 Å². The van der Waals surface area contributed by atoms with Gasteiger partial charge in [0.2, 0.25) is 5.91 Å². The van der Waals surface area contributed by atoms with Crippen molar-refractivity contribution in [3.05, 3.63) is 114 Å². The molecule has 0 aliphatic carbocycles. The Morgan fingerprint density at radius 1 is 0.970 bits per heavy atom. The van der Waals surface area contributed by atoms with Crippen LogP contribution >= 0.6 is 0 Å². The van der Waals surface area contributed by atoms with E-state index < -0.39 is 6.04 Å². The number of aromatic amines is 1. The summed E-state index contributed by atoms with van der Waals surface area (Å²) in [5.74, 6) is -0.430. The van der Waals surface area contributed by atoms with Crippen molar-refractivity contribution in [3.63, 3.8) is 0 Å². The zero-order chi connectivity index (χ0) is 22.9. The van der Waals surface area contributed by atoms with Gasteiger partial charge in [0.15, 0.2) is 0 Å². The molecule has 2 amide bonds. The molecular formula is C28H25N3O2. The minimum atomic E-state index is -0.670. The molecule has 3 aromatic carbocycles. The minimum absolute atomic E-state index is 0.0341. The normalized spacial score (nSPS) is 14.9. The van der Waals surface area contributed by atoms with Crippen LogP contribution in [0.2, 0.25) is 0 Å². The average molecular weight is 436 g/mol. The second-order valence-electron chi connectivity index (χ2n) is 8.34. The Hall–Kier alpha value is -4.12. The Morgan fingerprint density at radius 2 is 1.64 bits per heavy atom. The summed E-state index contributed by atoms with van der Waals surface area (Å²) in [5, 5.41) is 4.22. The maximum absolute atomic E-state index is 13.2. The van der Waals surface area contributed by atoms with Crippen molar-refractivity contribution in [3.8, 4) is 0 Å². The van der Waals surface area contributed by atoms with E-state index in [1.807, 2.05) is 60.8 Å². The Labute approximate surface area is 192 Å². The van der Waals surface area contributed by atoms with Crippen molar-refractivity contribution >= 4 is 28.4 Å². The predicted octanol–water partition coefficient (Wildman–Crippen LogP) is 4.93. The van der Waals surface area contributed by atoms with E-state index in [1.165, 1.54) is 4.90 Å². The van der Waals surface area contributed by atoms with Gasteiger partial charge in [-0.25, -0.2) is 0 Å². The lowest BCUT2D eigenvalue weighted by Gasteiger charge is -2.26. The zero-order valence-electron chi connectivity index (χ0n) is 18.4. The molecule has 0 bridgehead atoms. The number of nitrogens with zero attached hydrogens (tertiary/aromatic N) is 1. The molecule has 0 saturated carbocycles. The highest BCUT2D eigenvalue weighted by Crippen LogP contribution is 2.33. The number of aromatic nitrogens is 1. The fourth-order valence-corrected chi connectivity index (χ4v) is 4.66. The lowest BCUT2D eigenvalue weighted by molar-refractivity contribution is -0.124. The second-order valence-corrected chi connectivity index (χ2v) is 8.34. The number of amides is 2. The fourth-order valence-electron chi connectivity index (χ4n) is 4.66. The first-order valence-corrected chi connectivity index (χ1v) is 11.1. The average Bonchev–Trinajstić information content (AvgIpc) is 3.39. The van der Waals surface area contributed by atoms with Crippen molar-refractivity contribution in [2.75, 3.05) is 6.54 Å². The van der Waals surface area contributed by atoms with E-state index in [4.69, 9.17) is 0 Å². The number of H-pyrrole nitrogens is 1. The van der Waals surface area contributed by atoms with Gasteiger partial charge in [0.05, 0.1) is 0 Å². The highest BCUT2D eigenvalue weighted by Gasteiger charge is 2.36. The van der Waals surface area contributed by atoms with Crippen LogP contribution in [0.4, 0.5) is 0 Å². The molecule has 0 spiro atoms. The van der Waals surface area contributed by atoms with E-state index in [9.17, 15) is 9.59 Å². The largest absolute Gasteiger partial charge is 0.361 e. The third-order valence-corrected chi connectivity index (χ3v) is 6.42. The number of hydrogen-bond donors (Lipinski definition) is 2. The van der Waals surface area contributed by atoms with Gasteiger partial charge in [-0.2, -0.15) is 0 Å². The molecule has 2 N–H and O–H groups in total. The van der Waals surface area contributed by atoms with Crippen LogP contribution in [0.15, 0.2) is 91.6 Å². The molecule has 0 saturated heterocycles. The molecule has 2 atom stereocenters. The van der Waals surface area contributed by atoms with Gasteiger partial charge in [-0.15, -0.1) is 0 Å². The molecule has 0 fully saturated rings. The van der Waals surface area contributed by atoms with Crippen molar-refractivity contribution in [1.82, 2.24) is 15.2 Å². The molecule has 164 valence electrons. The van der Waals surface area contributed by atoms with Crippen LogP contribution < -0.4 is 5.32 Å². The molecule has 1 aliphatic heterocycles. The molecule has 2 heterocycles. The van der Waals surface area contributed by atoms with Gasteiger partial charge in [0.25, 0.3) is 5.91 Å². The Morgan fingerprint density at radius 3 is 2.39 bits per heavy atom. The van der Waals surface area contributed by atoms with E-state index in [0.717, 1.165) is 27.6 Å². The third-order valence-electron chi connectivity index (χ3n) is 6.42. The van der Waals surface area contributed by atoms with Crippen LogP contribution in [0.3, 0.4) is 0 Å². The monoisotopic (exact) mass is 435 g/mol. The van der Waals surface area contributed by atoms with Crippen LogP contribution in [0, 0.1) is 0 Å². The Balaban J connectivity index is 1.38. The molecular weight excluding hydrogens is 410 g/mol. The van der Waals surface area contributed by atoms with Gasteiger partial charge >= 0.3 is 0 Å². The highest BCUT2D eigenvalue weighted by atomic mass is 16.2. The first-order valence-electron chi connectivity index (χ1n) is 11.1. The van der Waals surface area contributed by atoms with Crippen LogP contribution in [0.1, 0.15) is 39.9 Å². The topological polar surface area (TPSA) is 65.2 Å². The molecule has 5 heteroatoms. The summed E-state index contributed by atoms with van der Waals surface area (Å²) >= 11 is 0. The number of para-hydroxylation sites is 1. The van der Waals surface area contributed by atoms with Gasteiger partial charge in [-0.3, -0.25) is 14.5 Å². The molecule has 5 rings (SSSR count). The summed E-state index contributed by atoms with van der Waals surface area (Å²) in [6.45, 7) is 6.23. The molecule has 5 nitrogen and oxygen atoms in total. The smallest absolute Gasteiger partial charge is 0.259 e. The van der Waals surface area contributed by atoms with Crippen LogP contribution in [-0.2, 0) is 4.79 Å². The first kappa shape index (κ1) is 20.8. The third kappa shape index (κ3) is 3.61. The van der Waals surface area contributed by atoms with E-state index in [-0.39, 0.29) is 17.7 Å². The molecule has 1 aromatic heterocycles. The van der Waals surface area contributed by atoms with E-state index in [0.29, 0.717) is 17.8 Å². The Kier molecular flexibility index (Phi) is 5.31. The van der Waals surface area contributed by atoms with Crippen LogP contribution in [-0.4, -0.2) is 34.3 Å². The number of hydrogen-bond acceptors (Lipinski definition) is 2. The quantitative estimate of drug-likeness (QED) is 0.451. The summed E-state index contributed by atoms with van der Waals surface area (Å²) in [7, 11) is 0. The number of rotatable bonds is 6. The number of benzene rings is 3. The van der Waals surface area contributed by atoms with E-state index in [1.54, 1.807) is 13.0 Å². The van der Waals surface area contributed by atoms with Crippen molar-refractivity contribution in [2.45, 2.75) is 18.9 Å². The summed E-state index contributed by atoms with van der Waals surface area (Å²) in [4.78, 5) is 30.9. The Bertz CT molecular complexity index is 1320. The predicted molar refractivity (Wildman–Crippen MR) is 131 cm³/mol. The number of carbonyl (C=O) groups is 2. The SMILES string of the molecule is C=C1c2ccccc2C(=O)N1[C@H](C)C(=O)NC[C@@H](c1ccccc1)c1c[nH]c2ccccc12.